The van der Waals surface area contributed by atoms with Gasteiger partial charge in [-0.1, -0.05) is 51.8 Å². The minimum atomic E-state index is -1.22. The molecule has 1 aliphatic heterocycles. The Bertz CT molecular complexity index is 921. The maximum Gasteiger partial charge on any atom is 0.309 e. The van der Waals surface area contributed by atoms with Gasteiger partial charge in [0.2, 0.25) is 0 Å². The minimum Gasteiger partial charge on any atom is -0.457 e. The molecule has 0 aliphatic carbocycles. The highest BCUT2D eigenvalue weighted by Crippen LogP contribution is 2.34. The highest BCUT2D eigenvalue weighted by atomic mass is 16.5. The molecular formula is C30H45NO5. The van der Waals surface area contributed by atoms with Crippen LogP contribution in [0.3, 0.4) is 0 Å². The summed E-state index contributed by atoms with van der Waals surface area (Å²) >= 11 is 0. The summed E-state index contributed by atoms with van der Waals surface area (Å²) in [5.41, 5.74) is 1.64. The predicted octanol–water partition coefficient (Wildman–Crippen LogP) is 5.68. The van der Waals surface area contributed by atoms with Crippen LogP contribution in [0.2, 0.25) is 0 Å². The zero-order valence-electron chi connectivity index (χ0n) is 22.9. The molecule has 36 heavy (non-hydrogen) atoms. The Morgan fingerprint density at radius 2 is 1.97 bits per heavy atom. The second kappa shape index (κ2) is 13.8. The van der Waals surface area contributed by atoms with Crippen molar-refractivity contribution >= 4 is 17.8 Å². The van der Waals surface area contributed by atoms with Crippen LogP contribution < -0.4 is 0 Å². The van der Waals surface area contributed by atoms with Crippen LogP contribution in [0.1, 0.15) is 92.2 Å². The Balaban J connectivity index is 2.37. The molecule has 0 amide bonds. The van der Waals surface area contributed by atoms with Gasteiger partial charge in [-0.15, -0.1) is 0 Å². The van der Waals surface area contributed by atoms with Crippen molar-refractivity contribution in [1.82, 2.24) is 4.98 Å². The van der Waals surface area contributed by atoms with Crippen LogP contribution in [-0.2, 0) is 14.3 Å². The van der Waals surface area contributed by atoms with Crippen LogP contribution in [0.4, 0.5) is 0 Å². The van der Waals surface area contributed by atoms with Crippen molar-refractivity contribution in [3.8, 4) is 0 Å². The number of rotatable bonds is 4. The fraction of sp³-hybridized carbons (Fsp3) is 0.633. The van der Waals surface area contributed by atoms with Gasteiger partial charge >= 0.3 is 5.97 Å². The van der Waals surface area contributed by atoms with E-state index in [2.05, 4.69) is 18.0 Å². The number of cyclic esters (lactones) is 1. The second-order valence-corrected chi connectivity index (χ2v) is 11.0. The molecule has 0 radical (unpaired) electrons. The molecule has 1 aromatic rings. The fourth-order valence-electron chi connectivity index (χ4n) is 4.82. The lowest BCUT2D eigenvalue weighted by atomic mass is 9.71. The molecule has 0 spiro atoms. The van der Waals surface area contributed by atoms with Crippen LogP contribution >= 0.6 is 0 Å². The van der Waals surface area contributed by atoms with Crippen molar-refractivity contribution < 1.29 is 24.5 Å². The van der Waals surface area contributed by atoms with Crippen molar-refractivity contribution in [3.05, 3.63) is 47.3 Å². The number of hydrogen-bond acceptors (Lipinski definition) is 6. The monoisotopic (exact) mass is 499 g/mol. The molecular weight excluding hydrogens is 454 g/mol. The number of carbonyl (C=O) groups excluding carboxylic acids is 2. The maximum absolute atomic E-state index is 13.6. The lowest BCUT2D eigenvalue weighted by molar-refractivity contribution is -0.154. The van der Waals surface area contributed by atoms with Gasteiger partial charge in [-0.2, -0.15) is 0 Å². The standard InChI is InChI=1S/C30H45NO5/c1-7-11-24-28(34)21(3)13-10-12-20(2)15-16-25(22(4)18-23-14-8-9-17-31-23)36-27(33)19-26(32)30(5,6)29(24)35/h8-9,14-15,17-18,21,24-26,28,32,34H,7,10-13,16,19H2,1-6H3/b20-15-,22-18+/t21-,24+,25-,26+,28-/m0/s1. The molecule has 2 rings (SSSR count). The Labute approximate surface area is 216 Å². The Hall–Kier alpha value is -2.31. The van der Waals surface area contributed by atoms with E-state index in [0.717, 1.165) is 37.0 Å². The molecule has 2 heterocycles. The average molecular weight is 500 g/mol. The summed E-state index contributed by atoms with van der Waals surface area (Å²) in [4.78, 5) is 30.8. The number of nitrogens with zero attached hydrogens (tertiary/aromatic N) is 1. The van der Waals surface area contributed by atoms with Gasteiger partial charge in [0.05, 0.1) is 29.7 Å². The van der Waals surface area contributed by atoms with E-state index in [1.165, 1.54) is 5.57 Å². The Kier molecular flexibility index (Phi) is 11.5. The molecule has 200 valence electrons. The van der Waals surface area contributed by atoms with Gasteiger partial charge in [0.25, 0.3) is 0 Å². The zero-order valence-corrected chi connectivity index (χ0v) is 22.9. The van der Waals surface area contributed by atoms with Crippen LogP contribution in [0.5, 0.6) is 0 Å². The van der Waals surface area contributed by atoms with Gasteiger partial charge in [-0.25, -0.2) is 0 Å². The first-order valence-electron chi connectivity index (χ1n) is 13.3. The van der Waals surface area contributed by atoms with Crippen molar-refractivity contribution in [2.75, 3.05) is 0 Å². The average Bonchev–Trinajstić information content (AvgIpc) is 2.84. The van der Waals surface area contributed by atoms with E-state index >= 15 is 0 Å². The summed E-state index contributed by atoms with van der Waals surface area (Å²) in [6.07, 6.45) is 7.32. The summed E-state index contributed by atoms with van der Waals surface area (Å²) in [5, 5.41) is 22.1. The quantitative estimate of drug-likeness (QED) is 0.409. The number of carbonyl (C=O) groups is 2. The van der Waals surface area contributed by atoms with Crippen molar-refractivity contribution in [2.24, 2.45) is 17.3 Å². The van der Waals surface area contributed by atoms with E-state index in [4.69, 9.17) is 4.74 Å². The Morgan fingerprint density at radius 3 is 2.61 bits per heavy atom. The zero-order chi connectivity index (χ0) is 26.9. The molecule has 0 aromatic carbocycles. The number of aromatic nitrogens is 1. The third-order valence-corrected chi connectivity index (χ3v) is 7.52. The highest BCUT2D eigenvalue weighted by molar-refractivity contribution is 5.88. The fourth-order valence-corrected chi connectivity index (χ4v) is 4.82. The topological polar surface area (TPSA) is 96.7 Å². The number of aliphatic hydroxyl groups excluding tert-OH is 2. The Morgan fingerprint density at radius 1 is 1.25 bits per heavy atom. The van der Waals surface area contributed by atoms with Gasteiger partial charge in [0, 0.05) is 18.5 Å². The number of aliphatic hydroxyl groups is 2. The van der Waals surface area contributed by atoms with Crippen LogP contribution in [0.25, 0.3) is 6.08 Å². The van der Waals surface area contributed by atoms with E-state index in [1.807, 2.05) is 45.0 Å². The lowest BCUT2D eigenvalue weighted by Gasteiger charge is -2.36. The minimum absolute atomic E-state index is 0.0413. The molecule has 6 heteroatoms. The molecule has 5 atom stereocenters. The molecule has 6 nitrogen and oxygen atoms in total. The van der Waals surface area contributed by atoms with E-state index < -0.39 is 35.6 Å². The first-order valence-corrected chi connectivity index (χ1v) is 13.3. The summed E-state index contributed by atoms with van der Waals surface area (Å²) in [7, 11) is 0. The van der Waals surface area contributed by atoms with Gasteiger partial charge in [-0.3, -0.25) is 14.6 Å². The molecule has 2 N–H and O–H groups in total. The van der Waals surface area contributed by atoms with Gasteiger partial charge < -0.3 is 14.9 Å². The molecule has 0 fully saturated rings. The third-order valence-electron chi connectivity index (χ3n) is 7.52. The molecule has 0 saturated heterocycles. The normalized spacial score (nSPS) is 30.8. The number of pyridine rings is 1. The number of esters is 1. The van der Waals surface area contributed by atoms with Crippen LogP contribution in [0, 0.1) is 17.3 Å². The number of allylic oxidation sites excluding steroid dienone is 1. The number of ether oxygens (including phenoxy) is 1. The van der Waals surface area contributed by atoms with Crippen molar-refractivity contribution in [3.63, 3.8) is 0 Å². The second-order valence-electron chi connectivity index (χ2n) is 11.0. The summed E-state index contributed by atoms with van der Waals surface area (Å²) in [5.74, 6) is -1.37. The molecule has 0 unspecified atom stereocenters. The molecule has 1 aliphatic rings. The first kappa shape index (κ1) is 29.9. The van der Waals surface area contributed by atoms with Crippen molar-refractivity contribution in [1.29, 1.82) is 0 Å². The molecule has 0 saturated carbocycles. The van der Waals surface area contributed by atoms with Gasteiger partial charge in [0.15, 0.2) is 0 Å². The lowest BCUT2D eigenvalue weighted by Crippen LogP contribution is -2.46. The summed E-state index contributed by atoms with van der Waals surface area (Å²) in [6.45, 7) is 11.3. The molecule has 1 aromatic heterocycles. The number of ketones is 1. The largest absolute Gasteiger partial charge is 0.457 e. The molecule has 0 bridgehead atoms. The maximum atomic E-state index is 13.6. The SMILES string of the molecule is CCC[C@H]1C(=O)C(C)(C)[C@H](O)CC(=O)O[C@H](/C(C)=C/c2ccccn2)C/C=C(/C)CCC[C@H](C)[C@@H]1O. The van der Waals surface area contributed by atoms with Crippen molar-refractivity contribution in [2.45, 2.75) is 105 Å². The van der Waals surface area contributed by atoms with Gasteiger partial charge in [0.1, 0.15) is 11.9 Å². The van der Waals surface area contributed by atoms with E-state index in [1.54, 1.807) is 20.0 Å². The summed E-state index contributed by atoms with van der Waals surface area (Å²) in [6, 6.07) is 5.64. The van der Waals surface area contributed by atoms with Crippen LogP contribution in [0.15, 0.2) is 41.6 Å². The smallest absolute Gasteiger partial charge is 0.309 e. The highest BCUT2D eigenvalue weighted by Gasteiger charge is 2.43. The predicted molar refractivity (Wildman–Crippen MR) is 143 cm³/mol. The number of Topliss-reactive ketones (excluding diaryl/α,β-unsaturated/α-hetero) is 1. The number of hydrogen-bond donors (Lipinski definition) is 2. The van der Waals surface area contributed by atoms with E-state index in [9.17, 15) is 19.8 Å². The third kappa shape index (κ3) is 8.38. The van der Waals surface area contributed by atoms with E-state index in [-0.39, 0.29) is 18.1 Å². The van der Waals surface area contributed by atoms with Gasteiger partial charge in [-0.05, 0) is 69.2 Å². The summed E-state index contributed by atoms with van der Waals surface area (Å²) < 4.78 is 5.84. The van der Waals surface area contributed by atoms with E-state index in [0.29, 0.717) is 12.8 Å². The first-order chi connectivity index (χ1) is 17.0. The van der Waals surface area contributed by atoms with Crippen LogP contribution in [-0.4, -0.2) is 45.3 Å².